The van der Waals surface area contributed by atoms with Crippen molar-refractivity contribution in [2.45, 2.75) is 86.9 Å². The van der Waals surface area contributed by atoms with E-state index < -0.39 is 22.2 Å². The number of carbonyl (C=O) groups is 1. The fourth-order valence-electron chi connectivity index (χ4n) is 8.29. The van der Waals surface area contributed by atoms with Gasteiger partial charge in [0.15, 0.2) is 0 Å². The topological polar surface area (TPSA) is 125 Å². The molecule has 0 heterocycles. The summed E-state index contributed by atoms with van der Waals surface area (Å²) >= 11 is 3.36. The Labute approximate surface area is 182 Å². The summed E-state index contributed by atoms with van der Waals surface area (Å²) in [6, 6.07) is 0. The molecule has 2 unspecified atom stereocenters. The third kappa shape index (κ3) is 2.74. The van der Waals surface area contributed by atoms with Crippen LogP contribution in [0.3, 0.4) is 0 Å². The highest BCUT2D eigenvalue weighted by Gasteiger charge is 2.74. The van der Waals surface area contributed by atoms with Crippen molar-refractivity contribution in [3.63, 3.8) is 0 Å². The quantitative estimate of drug-likeness (QED) is 0.463. The van der Waals surface area contributed by atoms with Gasteiger partial charge in [-0.05, 0) is 75.0 Å². The number of hydrogen-bond donors (Lipinski definition) is 4. The summed E-state index contributed by atoms with van der Waals surface area (Å²) in [6.45, 7) is 2.56. The third-order valence-corrected chi connectivity index (χ3v) is 10.5. The molecule has 0 radical (unpaired) electrons. The molecular weight excluding hydrogens is 434 g/mol. The van der Waals surface area contributed by atoms with Crippen LogP contribution in [-0.4, -0.2) is 52.2 Å². The number of hydrogen-bond acceptors (Lipinski definition) is 6. The fraction of sp³-hybridized carbons (Fsp3) is 0.955. The first-order chi connectivity index (χ1) is 13.5. The van der Waals surface area contributed by atoms with Crippen LogP contribution in [0.1, 0.15) is 64.7 Å². The highest BCUT2D eigenvalue weighted by Crippen LogP contribution is 2.67. The Balaban J connectivity index is 1.68. The Kier molecular flexibility index (Phi) is 5.33. The van der Waals surface area contributed by atoms with E-state index in [1.807, 2.05) is 0 Å². The van der Waals surface area contributed by atoms with E-state index in [0.29, 0.717) is 24.3 Å². The van der Waals surface area contributed by atoms with E-state index in [9.17, 15) is 9.90 Å². The molecular formula is C22H38BrN3O3. The Bertz CT molecular complexity index is 694. The SMILES string of the molecule is COC[C@@]1(O)CCC2[C@@H](CCC3(N)[C@]4(N)CC[C@H](C(=O)CBr)[C@@]4(C)CC[C@]23N)C1. The number of alkyl halides is 1. The van der Waals surface area contributed by atoms with Crippen molar-refractivity contribution in [1.29, 1.82) is 0 Å². The molecule has 4 rings (SSSR count). The highest BCUT2D eigenvalue weighted by atomic mass is 79.9. The van der Waals surface area contributed by atoms with Gasteiger partial charge in [-0.25, -0.2) is 0 Å². The van der Waals surface area contributed by atoms with Crippen LogP contribution in [0.25, 0.3) is 0 Å². The van der Waals surface area contributed by atoms with Crippen molar-refractivity contribution in [3.05, 3.63) is 0 Å². The predicted molar refractivity (Wildman–Crippen MR) is 117 cm³/mol. The first-order valence-electron chi connectivity index (χ1n) is 11.2. The number of fused-ring (bicyclic) bond motifs is 5. The minimum Gasteiger partial charge on any atom is -0.387 e. The summed E-state index contributed by atoms with van der Waals surface area (Å²) in [5, 5.41) is 11.3. The van der Waals surface area contributed by atoms with Gasteiger partial charge in [0.1, 0.15) is 5.78 Å². The summed E-state index contributed by atoms with van der Waals surface area (Å²) in [7, 11) is 1.64. The van der Waals surface area contributed by atoms with Crippen molar-refractivity contribution >= 4 is 21.7 Å². The van der Waals surface area contributed by atoms with Crippen molar-refractivity contribution in [2.24, 2.45) is 40.4 Å². The molecule has 4 saturated carbocycles. The van der Waals surface area contributed by atoms with E-state index in [1.54, 1.807) is 7.11 Å². The number of aliphatic hydroxyl groups is 1. The molecule has 6 nitrogen and oxygen atoms in total. The Hall–Kier alpha value is -0.0500. The number of ketones is 1. The van der Waals surface area contributed by atoms with Crippen molar-refractivity contribution in [2.75, 3.05) is 19.0 Å². The summed E-state index contributed by atoms with van der Waals surface area (Å²) in [5.74, 6) is 0.797. The zero-order valence-corrected chi connectivity index (χ0v) is 19.5. The smallest absolute Gasteiger partial charge is 0.147 e. The predicted octanol–water partition coefficient (Wildman–Crippen LogP) is 1.84. The van der Waals surface area contributed by atoms with Gasteiger partial charge in [-0.15, -0.1) is 0 Å². The van der Waals surface area contributed by atoms with Gasteiger partial charge >= 0.3 is 0 Å². The van der Waals surface area contributed by atoms with Crippen LogP contribution >= 0.6 is 15.9 Å². The molecule has 8 atom stereocenters. The van der Waals surface area contributed by atoms with Crippen LogP contribution < -0.4 is 17.2 Å². The second-order valence-electron chi connectivity index (χ2n) is 10.9. The normalized spacial score (nSPS) is 54.4. The molecule has 0 saturated heterocycles. The molecule has 0 aromatic carbocycles. The number of ether oxygens (including phenoxy) is 1. The number of carbonyl (C=O) groups excluding carboxylic acids is 1. The lowest BCUT2D eigenvalue weighted by atomic mass is 9.40. The number of Topliss-reactive ketones (excluding diaryl/α,β-unsaturated/α-hetero) is 1. The second-order valence-corrected chi connectivity index (χ2v) is 11.5. The summed E-state index contributed by atoms with van der Waals surface area (Å²) in [6.07, 6.45) is 7.16. The van der Waals surface area contributed by atoms with E-state index in [2.05, 4.69) is 22.9 Å². The second kappa shape index (κ2) is 6.97. The van der Waals surface area contributed by atoms with Crippen molar-refractivity contribution in [1.82, 2.24) is 0 Å². The van der Waals surface area contributed by atoms with E-state index in [-0.39, 0.29) is 23.0 Å². The van der Waals surface area contributed by atoms with Crippen LogP contribution in [0.15, 0.2) is 0 Å². The molecule has 0 aromatic heterocycles. The first-order valence-corrected chi connectivity index (χ1v) is 12.3. The van der Waals surface area contributed by atoms with E-state index in [0.717, 1.165) is 51.4 Å². The van der Waals surface area contributed by atoms with Gasteiger partial charge < -0.3 is 27.0 Å². The molecule has 4 aliphatic carbocycles. The van der Waals surface area contributed by atoms with Gasteiger partial charge in [0.25, 0.3) is 0 Å². The molecule has 7 N–H and O–H groups in total. The maximum Gasteiger partial charge on any atom is 0.147 e. The average molecular weight is 472 g/mol. The van der Waals surface area contributed by atoms with Gasteiger partial charge in [0, 0.05) is 24.1 Å². The standard InChI is InChI=1S/C22H38BrN3O3/c1-18-9-10-20(24)15-4-6-19(28,13-29-2)11-14(15)3-7-22(20,26)21(18,25)8-5-16(18)17(27)12-23/h14-16,28H,3-13,24-26H2,1-2H3/t14-,15?,16+,18+,19+,20-,21-,22?/m0/s1. The third-order valence-electron chi connectivity index (χ3n) is 9.94. The van der Waals surface area contributed by atoms with Crippen molar-refractivity contribution in [3.8, 4) is 0 Å². The minimum absolute atomic E-state index is 0.0484. The van der Waals surface area contributed by atoms with Crippen LogP contribution in [0.2, 0.25) is 0 Å². The van der Waals surface area contributed by atoms with Gasteiger partial charge in [0.2, 0.25) is 0 Å². The van der Waals surface area contributed by atoms with Crippen LogP contribution in [-0.2, 0) is 9.53 Å². The van der Waals surface area contributed by atoms with E-state index in [1.165, 1.54) is 0 Å². The number of halogens is 1. The maximum atomic E-state index is 12.7. The average Bonchev–Trinajstić information content (AvgIpc) is 2.96. The number of methoxy groups -OCH3 is 1. The highest BCUT2D eigenvalue weighted by molar-refractivity contribution is 9.09. The lowest BCUT2D eigenvalue weighted by Gasteiger charge is -2.70. The molecule has 29 heavy (non-hydrogen) atoms. The van der Waals surface area contributed by atoms with Crippen LogP contribution in [0, 0.1) is 23.2 Å². The number of rotatable bonds is 4. The van der Waals surface area contributed by atoms with Gasteiger partial charge in [-0.3, -0.25) is 4.79 Å². The van der Waals surface area contributed by atoms with Gasteiger partial charge in [-0.1, -0.05) is 22.9 Å². The van der Waals surface area contributed by atoms with Gasteiger partial charge in [0.05, 0.1) is 23.1 Å². The van der Waals surface area contributed by atoms with E-state index >= 15 is 0 Å². The van der Waals surface area contributed by atoms with Gasteiger partial charge in [-0.2, -0.15) is 0 Å². The maximum absolute atomic E-state index is 12.7. The summed E-state index contributed by atoms with van der Waals surface area (Å²) in [5.41, 5.74) is 18.8. The lowest BCUT2D eigenvalue weighted by molar-refractivity contribution is -0.152. The first kappa shape index (κ1) is 22.2. The zero-order valence-electron chi connectivity index (χ0n) is 17.9. The lowest BCUT2D eigenvalue weighted by Crippen LogP contribution is -2.88. The Morgan fingerprint density at radius 1 is 1.07 bits per heavy atom. The molecule has 166 valence electrons. The molecule has 0 aromatic rings. The van der Waals surface area contributed by atoms with Crippen LogP contribution in [0.4, 0.5) is 0 Å². The van der Waals surface area contributed by atoms with E-state index in [4.69, 9.17) is 21.9 Å². The molecule has 0 bridgehead atoms. The van der Waals surface area contributed by atoms with Crippen molar-refractivity contribution < 1.29 is 14.6 Å². The molecule has 4 aliphatic rings. The molecule has 4 fully saturated rings. The minimum atomic E-state index is -0.759. The zero-order chi connectivity index (χ0) is 21.3. The number of nitrogens with two attached hydrogens (primary N) is 3. The molecule has 0 aliphatic heterocycles. The van der Waals surface area contributed by atoms with Crippen LogP contribution in [0.5, 0.6) is 0 Å². The molecule has 7 heteroatoms. The monoisotopic (exact) mass is 471 g/mol. The Morgan fingerprint density at radius 3 is 2.41 bits per heavy atom. The summed E-state index contributed by atoms with van der Waals surface area (Å²) < 4.78 is 5.28. The summed E-state index contributed by atoms with van der Waals surface area (Å²) in [4.78, 5) is 12.7. The Morgan fingerprint density at radius 2 is 1.76 bits per heavy atom. The largest absolute Gasteiger partial charge is 0.387 e. The fourth-order valence-corrected chi connectivity index (χ4v) is 8.68. The molecule has 0 spiro atoms. The molecule has 0 amide bonds.